The van der Waals surface area contributed by atoms with E-state index in [0.717, 1.165) is 24.4 Å². The quantitative estimate of drug-likeness (QED) is 0.710. The van der Waals surface area contributed by atoms with Gasteiger partial charge in [0.05, 0.1) is 11.8 Å². The minimum atomic E-state index is -0.279. The largest absolute Gasteiger partial charge is 0.322 e. The summed E-state index contributed by atoms with van der Waals surface area (Å²) in [7, 11) is 0. The van der Waals surface area contributed by atoms with Crippen LogP contribution in [0.4, 0.5) is 0 Å². The number of rotatable bonds is 1. The van der Waals surface area contributed by atoms with Crippen LogP contribution >= 0.6 is 11.5 Å². The molecule has 15 heavy (non-hydrogen) atoms. The lowest BCUT2D eigenvalue weighted by atomic mass is 10.2. The fourth-order valence-electron chi connectivity index (χ4n) is 1.70. The first-order valence-electron chi connectivity index (χ1n) is 4.73. The molecule has 0 radical (unpaired) electrons. The van der Waals surface area contributed by atoms with Crippen LogP contribution in [0.25, 0.3) is 0 Å². The van der Waals surface area contributed by atoms with E-state index in [9.17, 15) is 4.79 Å². The molecule has 5 nitrogen and oxygen atoms in total. The fourth-order valence-corrected chi connectivity index (χ4v) is 2.32. The highest BCUT2D eigenvalue weighted by molar-refractivity contribution is 7.07. The molecule has 1 fully saturated rings. The van der Waals surface area contributed by atoms with E-state index in [1.807, 2.05) is 0 Å². The molecule has 2 heterocycles. The Hall–Kier alpha value is -1.48. The van der Waals surface area contributed by atoms with Gasteiger partial charge in [-0.15, -0.1) is 5.10 Å². The normalized spacial score (nSPS) is 20.3. The van der Waals surface area contributed by atoms with Crippen LogP contribution in [0.15, 0.2) is 0 Å². The summed E-state index contributed by atoms with van der Waals surface area (Å²) in [6, 6.07) is 1.87. The molecule has 1 amide bonds. The average Bonchev–Trinajstić information content (AvgIpc) is 2.84. The van der Waals surface area contributed by atoms with Gasteiger partial charge >= 0.3 is 0 Å². The Morgan fingerprint density at radius 2 is 2.53 bits per heavy atom. The predicted octanol–water partition coefficient (Wildman–Crippen LogP) is 0.975. The van der Waals surface area contributed by atoms with Crippen molar-refractivity contribution in [3.05, 3.63) is 10.6 Å². The van der Waals surface area contributed by atoms with Gasteiger partial charge in [0.1, 0.15) is 10.9 Å². The third-order valence-corrected chi connectivity index (χ3v) is 3.32. The van der Waals surface area contributed by atoms with E-state index < -0.39 is 0 Å². The molecule has 1 saturated heterocycles. The van der Waals surface area contributed by atoms with Gasteiger partial charge in [-0.2, -0.15) is 5.26 Å². The Balaban J connectivity index is 2.22. The molecule has 1 atom stereocenters. The zero-order chi connectivity index (χ0) is 10.8. The number of nitriles is 1. The summed E-state index contributed by atoms with van der Waals surface area (Å²) in [4.78, 5) is 14.2. The van der Waals surface area contributed by atoms with Crippen LogP contribution in [0.1, 0.15) is 28.2 Å². The molecule has 1 aromatic rings. The van der Waals surface area contributed by atoms with Crippen molar-refractivity contribution >= 4 is 17.4 Å². The Kier molecular flexibility index (Phi) is 2.64. The molecule has 0 aromatic carbocycles. The topological polar surface area (TPSA) is 69.9 Å². The Bertz CT molecular complexity index is 422. The van der Waals surface area contributed by atoms with Crippen molar-refractivity contribution in [3.63, 3.8) is 0 Å². The number of carbonyl (C=O) groups is 1. The monoisotopic (exact) mass is 222 g/mol. The maximum absolute atomic E-state index is 12.0. The molecule has 1 aliphatic heterocycles. The zero-order valence-corrected chi connectivity index (χ0v) is 9.12. The van der Waals surface area contributed by atoms with Gasteiger partial charge in [-0.05, 0) is 31.3 Å². The van der Waals surface area contributed by atoms with Gasteiger partial charge in [-0.3, -0.25) is 4.79 Å². The summed E-state index contributed by atoms with van der Waals surface area (Å²) in [5, 5.41) is 12.7. The van der Waals surface area contributed by atoms with Gasteiger partial charge in [0.2, 0.25) is 0 Å². The fraction of sp³-hybridized carbons (Fsp3) is 0.556. The van der Waals surface area contributed by atoms with Crippen molar-refractivity contribution in [1.82, 2.24) is 14.5 Å². The number of likely N-dealkylation sites (tertiary alicyclic amines) is 1. The standard InChI is InChI=1S/C9H10N4OS/c1-6-8(15-12-11-6)9(14)13-4-2-3-7(13)5-10/h7H,2-4H2,1H3. The number of aromatic nitrogens is 2. The second-order valence-corrected chi connectivity index (χ2v) is 4.23. The molecule has 0 bridgehead atoms. The lowest BCUT2D eigenvalue weighted by Crippen LogP contribution is -2.34. The molecular weight excluding hydrogens is 212 g/mol. The van der Waals surface area contributed by atoms with E-state index in [0.29, 0.717) is 17.1 Å². The van der Waals surface area contributed by atoms with E-state index in [2.05, 4.69) is 15.7 Å². The number of nitrogens with zero attached hydrogens (tertiary/aromatic N) is 4. The summed E-state index contributed by atoms with van der Waals surface area (Å²) in [5.74, 6) is -0.105. The number of hydrogen-bond donors (Lipinski definition) is 0. The average molecular weight is 222 g/mol. The number of aryl methyl sites for hydroxylation is 1. The van der Waals surface area contributed by atoms with Gasteiger partial charge in [-0.25, -0.2) is 0 Å². The van der Waals surface area contributed by atoms with Crippen LogP contribution in [0.3, 0.4) is 0 Å². The maximum Gasteiger partial charge on any atom is 0.268 e. The highest BCUT2D eigenvalue weighted by Crippen LogP contribution is 2.21. The van der Waals surface area contributed by atoms with Crippen LogP contribution in [0.5, 0.6) is 0 Å². The summed E-state index contributed by atoms with van der Waals surface area (Å²) < 4.78 is 3.73. The highest BCUT2D eigenvalue weighted by Gasteiger charge is 2.31. The molecule has 1 aliphatic rings. The summed E-state index contributed by atoms with van der Waals surface area (Å²) in [6.45, 7) is 2.42. The van der Waals surface area contributed by atoms with E-state index in [1.54, 1.807) is 11.8 Å². The Morgan fingerprint density at radius 1 is 1.73 bits per heavy atom. The van der Waals surface area contributed by atoms with Crippen LogP contribution in [-0.2, 0) is 0 Å². The van der Waals surface area contributed by atoms with Gasteiger partial charge in [0, 0.05) is 6.54 Å². The van der Waals surface area contributed by atoms with E-state index >= 15 is 0 Å². The molecule has 78 valence electrons. The van der Waals surface area contributed by atoms with E-state index in [4.69, 9.17) is 5.26 Å². The van der Waals surface area contributed by atoms with Crippen molar-refractivity contribution in [2.24, 2.45) is 0 Å². The maximum atomic E-state index is 12.0. The van der Waals surface area contributed by atoms with Crippen LogP contribution in [0, 0.1) is 18.3 Å². The first-order valence-corrected chi connectivity index (χ1v) is 5.51. The smallest absolute Gasteiger partial charge is 0.268 e. The molecule has 1 aromatic heterocycles. The minimum absolute atomic E-state index is 0.105. The highest BCUT2D eigenvalue weighted by atomic mass is 32.1. The zero-order valence-electron chi connectivity index (χ0n) is 8.30. The van der Waals surface area contributed by atoms with Crippen molar-refractivity contribution in [2.75, 3.05) is 6.54 Å². The van der Waals surface area contributed by atoms with Gasteiger partial charge in [0.15, 0.2) is 0 Å². The summed E-state index contributed by atoms with van der Waals surface area (Å²) >= 11 is 1.10. The Morgan fingerprint density at radius 3 is 3.13 bits per heavy atom. The first kappa shape index (κ1) is 10.1. The third kappa shape index (κ3) is 1.70. The molecule has 0 saturated carbocycles. The SMILES string of the molecule is Cc1nnsc1C(=O)N1CCCC1C#N. The molecule has 6 heteroatoms. The van der Waals surface area contributed by atoms with Crippen LogP contribution in [-0.4, -0.2) is 33.0 Å². The van der Waals surface area contributed by atoms with Crippen molar-refractivity contribution < 1.29 is 4.79 Å². The second kappa shape index (κ2) is 3.95. The van der Waals surface area contributed by atoms with Crippen molar-refractivity contribution in [2.45, 2.75) is 25.8 Å². The van der Waals surface area contributed by atoms with E-state index in [-0.39, 0.29) is 11.9 Å². The lowest BCUT2D eigenvalue weighted by molar-refractivity contribution is 0.0769. The van der Waals surface area contributed by atoms with Crippen LogP contribution < -0.4 is 0 Å². The van der Waals surface area contributed by atoms with Crippen molar-refractivity contribution in [3.8, 4) is 6.07 Å². The van der Waals surface area contributed by atoms with Crippen LogP contribution in [0.2, 0.25) is 0 Å². The second-order valence-electron chi connectivity index (χ2n) is 3.47. The number of carbonyl (C=O) groups excluding carboxylic acids is 1. The van der Waals surface area contributed by atoms with Gasteiger partial charge in [-0.1, -0.05) is 4.49 Å². The lowest BCUT2D eigenvalue weighted by Gasteiger charge is -2.18. The summed E-state index contributed by atoms with van der Waals surface area (Å²) in [5.41, 5.74) is 0.647. The molecule has 0 aliphatic carbocycles. The molecular formula is C9H10N4OS. The van der Waals surface area contributed by atoms with Gasteiger partial charge < -0.3 is 4.90 Å². The number of amides is 1. The minimum Gasteiger partial charge on any atom is -0.322 e. The molecule has 2 rings (SSSR count). The van der Waals surface area contributed by atoms with E-state index in [1.165, 1.54) is 0 Å². The third-order valence-electron chi connectivity index (χ3n) is 2.51. The Labute approximate surface area is 91.5 Å². The summed E-state index contributed by atoms with van der Waals surface area (Å²) in [6.07, 6.45) is 1.67. The van der Waals surface area contributed by atoms with Gasteiger partial charge in [0.25, 0.3) is 5.91 Å². The molecule has 0 spiro atoms. The first-order chi connectivity index (χ1) is 7.24. The number of hydrogen-bond acceptors (Lipinski definition) is 5. The van der Waals surface area contributed by atoms with Crippen molar-refractivity contribution in [1.29, 1.82) is 5.26 Å². The molecule has 0 N–H and O–H groups in total. The molecule has 1 unspecified atom stereocenters. The predicted molar refractivity (Wildman–Crippen MR) is 54.3 cm³/mol.